The van der Waals surface area contributed by atoms with Crippen LogP contribution >= 0.6 is 0 Å². The fraction of sp³-hybridized carbons (Fsp3) is 0.381. The molecule has 0 bridgehead atoms. The summed E-state index contributed by atoms with van der Waals surface area (Å²) < 4.78 is 70.1. The van der Waals surface area contributed by atoms with Gasteiger partial charge in [-0.25, -0.2) is 21.6 Å². The maximum Gasteiger partial charge on any atom is 0.243 e. The highest BCUT2D eigenvalue weighted by Crippen LogP contribution is 2.27. The van der Waals surface area contributed by atoms with E-state index in [-0.39, 0.29) is 34.5 Å². The van der Waals surface area contributed by atoms with Crippen molar-refractivity contribution in [2.24, 2.45) is 0 Å². The molecule has 0 spiro atoms. The summed E-state index contributed by atoms with van der Waals surface area (Å²) in [5.41, 5.74) is 0.237. The number of carbonyl (C=O) groups excluding carboxylic acids is 1. The van der Waals surface area contributed by atoms with Gasteiger partial charge in [0.1, 0.15) is 18.1 Å². The van der Waals surface area contributed by atoms with Gasteiger partial charge in [-0.05, 0) is 42.5 Å². The van der Waals surface area contributed by atoms with Crippen LogP contribution in [0.15, 0.2) is 52.3 Å². The Kier molecular flexibility index (Phi) is 8.49. The van der Waals surface area contributed by atoms with Crippen molar-refractivity contribution in [1.82, 2.24) is 9.03 Å². The molecule has 1 saturated heterocycles. The van der Waals surface area contributed by atoms with Gasteiger partial charge in [-0.2, -0.15) is 4.31 Å². The minimum atomic E-state index is -3.87. The number of carbonyl (C=O) groups is 1. The first kappa shape index (κ1) is 25.9. The van der Waals surface area contributed by atoms with E-state index in [4.69, 9.17) is 14.2 Å². The third-order valence-electron chi connectivity index (χ3n) is 4.89. The summed E-state index contributed by atoms with van der Waals surface area (Å²) >= 11 is 0. The van der Waals surface area contributed by atoms with E-state index < -0.39 is 20.0 Å². The number of methoxy groups -OCH3 is 1. The van der Waals surface area contributed by atoms with Gasteiger partial charge < -0.3 is 19.5 Å². The molecule has 186 valence electrons. The molecule has 13 heteroatoms. The van der Waals surface area contributed by atoms with Crippen LogP contribution in [0.4, 0.5) is 5.69 Å². The molecule has 11 nitrogen and oxygen atoms in total. The lowest BCUT2D eigenvalue weighted by atomic mass is 10.3. The molecule has 0 aromatic heterocycles. The molecule has 2 aromatic carbocycles. The van der Waals surface area contributed by atoms with Gasteiger partial charge in [0.25, 0.3) is 0 Å². The van der Waals surface area contributed by atoms with Crippen LogP contribution in [0.1, 0.15) is 6.92 Å². The molecular weight excluding hydrogens is 486 g/mol. The fourth-order valence-electron chi connectivity index (χ4n) is 3.21. The molecule has 1 aliphatic heterocycles. The average molecular weight is 514 g/mol. The molecule has 34 heavy (non-hydrogen) atoms. The Balaban J connectivity index is 1.56. The Labute approximate surface area is 199 Å². The second-order valence-corrected chi connectivity index (χ2v) is 11.0. The SMILES string of the molecule is COc1ccc(S(=O)(=O)NCCOc2ccc(S(=O)(=O)N3CCOCC3)cc2)cc1NC(C)=O. The predicted molar refractivity (Wildman–Crippen MR) is 124 cm³/mol. The maximum absolute atomic E-state index is 12.6. The molecule has 2 N–H and O–H groups in total. The van der Waals surface area contributed by atoms with Crippen LogP contribution in [0, 0.1) is 0 Å². The lowest BCUT2D eigenvalue weighted by Crippen LogP contribution is -2.40. The quantitative estimate of drug-likeness (QED) is 0.449. The Bertz CT molecular complexity index is 1210. The number of morpholine rings is 1. The lowest BCUT2D eigenvalue weighted by molar-refractivity contribution is -0.114. The molecule has 0 radical (unpaired) electrons. The summed E-state index contributed by atoms with van der Waals surface area (Å²) in [5.74, 6) is 0.368. The zero-order valence-corrected chi connectivity index (χ0v) is 20.4. The first-order chi connectivity index (χ1) is 16.1. The number of amides is 1. The smallest absolute Gasteiger partial charge is 0.243 e. The van der Waals surface area contributed by atoms with Crippen molar-refractivity contribution in [3.8, 4) is 11.5 Å². The Morgan fingerprint density at radius 3 is 2.29 bits per heavy atom. The van der Waals surface area contributed by atoms with E-state index in [9.17, 15) is 21.6 Å². The minimum absolute atomic E-state index is 0.0174. The van der Waals surface area contributed by atoms with E-state index in [1.54, 1.807) is 0 Å². The van der Waals surface area contributed by atoms with Gasteiger partial charge in [-0.1, -0.05) is 0 Å². The summed E-state index contributed by atoms with van der Waals surface area (Å²) in [5, 5.41) is 2.53. The third kappa shape index (κ3) is 6.45. The van der Waals surface area contributed by atoms with Crippen molar-refractivity contribution in [3.05, 3.63) is 42.5 Å². The van der Waals surface area contributed by atoms with Crippen LogP contribution in [0.25, 0.3) is 0 Å². The molecule has 1 aliphatic rings. The van der Waals surface area contributed by atoms with E-state index in [0.717, 1.165) is 0 Å². The van der Waals surface area contributed by atoms with Crippen LogP contribution < -0.4 is 19.5 Å². The zero-order valence-electron chi connectivity index (χ0n) is 18.8. The first-order valence-corrected chi connectivity index (χ1v) is 13.3. The number of anilines is 1. The van der Waals surface area contributed by atoms with Crippen molar-refractivity contribution in [2.75, 3.05) is 51.9 Å². The summed E-state index contributed by atoms with van der Waals surface area (Å²) in [6, 6.07) is 10.0. The van der Waals surface area contributed by atoms with E-state index in [0.29, 0.717) is 37.8 Å². The molecule has 3 rings (SSSR count). The third-order valence-corrected chi connectivity index (χ3v) is 8.26. The highest BCUT2D eigenvalue weighted by Gasteiger charge is 2.26. The monoisotopic (exact) mass is 513 g/mol. The summed E-state index contributed by atoms with van der Waals surface area (Å²) in [6.07, 6.45) is 0. The highest BCUT2D eigenvalue weighted by molar-refractivity contribution is 7.89. The molecule has 0 atom stereocenters. The summed E-state index contributed by atoms with van der Waals surface area (Å²) in [6.45, 7) is 2.63. The van der Waals surface area contributed by atoms with Crippen molar-refractivity contribution in [3.63, 3.8) is 0 Å². The standard InChI is InChI=1S/C21H27N3O8S2/c1-16(25)23-20-15-19(7-8-21(20)30-2)33(26,27)22-9-12-32-17-3-5-18(6-4-17)34(28,29)24-10-13-31-14-11-24/h3-8,15,22H,9-14H2,1-2H3,(H,23,25). The van der Waals surface area contributed by atoms with Crippen LogP contribution in [0.5, 0.6) is 11.5 Å². The largest absolute Gasteiger partial charge is 0.495 e. The molecule has 0 unspecified atom stereocenters. The van der Waals surface area contributed by atoms with Gasteiger partial charge in [0.05, 0.1) is 35.8 Å². The number of sulfonamides is 2. The number of ether oxygens (including phenoxy) is 3. The van der Waals surface area contributed by atoms with Crippen molar-refractivity contribution in [1.29, 1.82) is 0 Å². The van der Waals surface area contributed by atoms with E-state index in [2.05, 4.69) is 10.0 Å². The number of rotatable bonds is 10. The number of hydrogen-bond donors (Lipinski definition) is 2. The minimum Gasteiger partial charge on any atom is -0.495 e. The van der Waals surface area contributed by atoms with Gasteiger partial charge in [0, 0.05) is 26.6 Å². The van der Waals surface area contributed by atoms with Crippen LogP contribution in [-0.4, -0.2) is 73.6 Å². The van der Waals surface area contributed by atoms with E-state index in [1.165, 1.54) is 60.8 Å². The molecule has 1 amide bonds. The van der Waals surface area contributed by atoms with E-state index in [1.807, 2.05) is 0 Å². The van der Waals surface area contributed by atoms with Crippen LogP contribution in [0.2, 0.25) is 0 Å². The number of benzene rings is 2. The molecular formula is C21H27N3O8S2. The number of nitrogens with zero attached hydrogens (tertiary/aromatic N) is 1. The second-order valence-electron chi connectivity index (χ2n) is 7.28. The van der Waals surface area contributed by atoms with Gasteiger partial charge in [0.2, 0.25) is 26.0 Å². The lowest BCUT2D eigenvalue weighted by Gasteiger charge is -2.26. The maximum atomic E-state index is 12.6. The highest BCUT2D eigenvalue weighted by atomic mass is 32.2. The molecule has 2 aromatic rings. The van der Waals surface area contributed by atoms with Crippen molar-refractivity contribution >= 4 is 31.6 Å². The predicted octanol–water partition coefficient (Wildman–Crippen LogP) is 1.03. The van der Waals surface area contributed by atoms with Gasteiger partial charge in [0.15, 0.2) is 0 Å². The van der Waals surface area contributed by atoms with E-state index >= 15 is 0 Å². The average Bonchev–Trinajstić information content (AvgIpc) is 2.82. The second kappa shape index (κ2) is 11.1. The van der Waals surface area contributed by atoms with Gasteiger partial charge in [-0.3, -0.25) is 4.79 Å². The fourth-order valence-corrected chi connectivity index (χ4v) is 5.66. The van der Waals surface area contributed by atoms with Crippen molar-refractivity contribution in [2.45, 2.75) is 16.7 Å². The topological polar surface area (TPSA) is 140 Å². The molecule has 0 saturated carbocycles. The van der Waals surface area contributed by atoms with Gasteiger partial charge >= 0.3 is 0 Å². The molecule has 1 heterocycles. The number of hydrogen-bond acceptors (Lipinski definition) is 8. The normalized spacial score (nSPS) is 15.0. The summed E-state index contributed by atoms with van der Waals surface area (Å²) in [4.78, 5) is 11.5. The Morgan fingerprint density at radius 2 is 1.68 bits per heavy atom. The molecule has 1 fully saturated rings. The van der Waals surface area contributed by atoms with Gasteiger partial charge in [-0.15, -0.1) is 0 Å². The Morgan fingerprint density at radius 1 is 1.03 bits per heavy atom. The zero-order chi connectivity index (χ0) is 24.8. The molecule has 0 aliphatic carbocycles. The number of nitrogens with one attached hydrogen (secondary N) is 2. The Hall–Kier alpha value is -2.71. The van der Waals surface area contributed by atoms with Crippen molar-refractivity contribution < 1.29 is 35.8 Å². The van der Waals surface area contributed by atoms with Crippen LogP contribution in [-0.2, 0) is 29.6 Å². The summed E-state index contributed by atoms with van der Waals surface area (Å²) in [7, 11) is -6.06. The van der Waals surface area contributed by atoms with Crippen LogP contribution in [0.3, 0.4) is 0 Å². The first-order valence-electron chi connectivity index (χ1n) is 10.4.